The number of hydrogen-bond donors (Lipinski definition) is 1. The Morgan fingerprint density at radius 3 is 2.77 bits per heavy atom. The van der Waals surface area contributed by atoms with Crippen LogP contribution in [0, 0.1) is 0 Å². The molecule has 3 heteroatoms. The first kappa shape index (κ1) is 10.7. The van der Waals surface area contributed by atoms with E-state index in [2.05, 4.69) is 29.1 Å². The highest BCUT2D eigenvalue weighted by Gasteiger charge is 2.19. The van der Waals surface area contributed by atoms with Crippen LogP contribution in [0.1, 0.15) is 24.9 Å². The number of hydrogen-bond acceptors (Lipinski definition) is 3. The minimum Gasteiger partial charge on any atom is -0.379 e. The fraction of sp³-hybridized carbons (Fsp3) is 0.600. The Morgan fingerprint density at radius 1 is 1.62 bits per heavy atom. The minimum atomic E-state index is 0.264. The molecule has 74 valence electrons. The highest BCUT2D eigenvalue weighted by molar-refractivity contribution is 7.07. The molecular weight excluding hydrogens is 182 g/mol. The molecule has 1 aromatic rings. The summed E-state index contributed by atoms with van der Waals surface area (Å²) in [5.41, 5.74) is 1.32. The van der Waals surface area contributed by atoms with Gasteiger partial charge in [-0.2, -0.15) is 11.3 Å². The second-order valence-electron chi connectivity index (χ2n) is 3.01. The summed E-state index contributed by atoms with van der Waals surface area (Å²) in [6.45, 7) is 2.14. The molecule has 0 saturated heterocycles. The summed E-state index contributed by atoms with van der Waals surface area (Å²) in [7, 11) is 3.74. The Kier molecular flexibility index (Phi) is 4.42. The zero-order valence-electron chi connectivity index (χ0n) is 8.41. The molecule has 1 aromatic heterocycles. The van der Waals surface area contributed by atoms with Crippen LogP contribution in [0.15, 0.2) is 16.8 Å². The summed E-state index contributed by atoms with van der Waals surface area (Å²) in [5.74, 6) is 0. The molecule has 2 nitrogen and oxygen atoms in total. The third-order valence-corrected chi connectivity index (χ3v) is 2.99. The van der Waals surface area contributed by atoms with E-state index in [1.807, 2.05) is 7.05 Å². The number of ether oxygens (including phenoxy) is 1. The molecule has 2 unspecified atom stereocenters. The Balaban J connectivity index is 2.72. The molecule has 0 fully saturated rings. The predicted octanol–water partition coefficient (Wildman–Crippen LogP) is 2.43. The fourth-order valence-electron chi connectivity index (χ4n) is 1.56. The van der Waals surface area contributed by atoms with E-state index in [1.165, 1.54) is 5.56 Å². The van der Waals surface area contributed by atoms with Crippen LogP contribution in [0.4, 0.5) is 0 Å². The summed E-state index contributed by atoms with van der Waals surface area (Å²) in [6, 6.07) is 2.47. The number of rotatable bonds is 5. The van der Waals surface area contributed by atoms with Crippen molar-refractivity contribution in [2.45, 2.75) is 25.5 Å². The van der Waals surface area contributed by atoms with Crippen molar-refractivity contribution in [3.8, 4) is 0 Å². The highest BCUT2D eigenvalue weighted by atomic mass is 32.1. The van der Waals surface area contributed by atoms with Crippen LogP contribution in [0.3, 0.4) is 0 Å². The van der Waals surface area contributed by atoms with Gasteiger partial charge < -0.3 is 10.1 Å². The Hall–Kier alpha value is -0.380. The second kappa shape index (κ2) is 5.37. The summed E-state index contributed by atoms with van der Waals surface area (Å²) in [6.07, 6.45) is 1.29. The van der Waals surface area contributed by atoms with E-state index >= 15 is 0 Å². The molecule has 0 aliphatic rings. The molecule has 0 aromatic carbocycles. The van der Waals surface area contributed by atoms with Gasteiger partial charge in [0, 0.05) is 7.11 Å². The maximum atomic E-state index is 5.42. The van der Waals surface area contributed by atoms with E-state index in [0.717, 1.165) is 6.42 Å². The molecular formula is C10H17NOS. The van der Waals surface area contributed by atoms with E-state index < -0.39 is 0 Å². The largest absolute Gasteiger partial charge is 0.379 e. The summed E-state index contributed by atoms with van der Waals surface area (Å²) < 4.78 is 5.42. The lowest BCUT2D eigenvalue weighted by molar-refractivity contribution is 0.0677. The van der Waals surface area contributed by atoms with Crippen LogP contribution >= 0.6 is 11.3 Å². The first-order valence-electron chi connectivity index (χ1n) is 4.55. The summed E-state index contributed by atoms with van der Waals surface area (Å²) in [4.78, 5) is 0. The number of likely N-dealkylation sites (N-methyl/N-ethyl adjacent to an activating group) is 1. The van der Waals surface area contributed by atoms with Crippen LogP contribution in [0.2, 0.25) is 0 Å². The maximum Gasteiger partial charge on any atom is 0.0763 e. The smallest absolute Gasteiger partial charge is 0.0763 e. The first-order valence-corrected chi connectivity index (χ1v) is 5.49. The molecule has 1 rings (SSSR count). The number of methoxy groups -OCH3 is 1. The van der Waals surface area contributed by atoms with Crippen molar-refractivity contribution in [3.63, 3.8) is 0 Å². The zero-order valence-corrected chi connectivity index (χ0v) is 9.23. The highest BCUT2D eigenvalue weighted by Crippen LogP contribution is 2.22. The monoisotopic (exact) mass is 199 g/mol. The van der Waals surface area contributed by atoms with Crippen LogP contribution < -0.4 is 5.32 Å². The van der Waals surface area contributed by atoms with Crippen molar-refractivity contribution in [3.05, 3.63) is 22.4 Å². The van der Waals surface area contributed by atoms with Gasteiger partial charge in [-0.15, -0.1) is 0 Å². The van der Waals surface area contributed by atoms with Gasteiger partial charge in [-0.1, -0.05) is 6.92 Å². The molecule has 0 aliphatic heterocycles. The Bertz CT molecular complexity index is 219. The van der Waals surface area contributed by atoms with Gasteiger partial charge in [-0.25, -0.2) is 0 Å². The minimum absolute atomic E-state index is 0.264. The third kappa shape index (κ3) is 2.53. The van der Waals surface area contributed by atoms with Crippen LogP contribution in [0.5, 0.6) is 0 Å². The van der Waals surface area contributed by atoms with Crippen molar-refractivity contribution >= 4 is 11.3 Å². The van der Waals surface area contributed by atoms with E-state index in [-0.39, 0.29) is 6.10 Å². The topological polar surface area (TPSA) is 21.3 Å². The van der Waals surface area contributed by atoms with Gasteiger partial charge in [0.1, 0.15) is 0 Å². The molecule has 0 spiro atoms. The molecule has 13 heavy (non-hydrogen) atoms. The Labute approximate surface area is 83.9 Å². The van der Waals surface area contributed by atoms with E-state index in [1.54, 1.807) is 18.4 Å². The standard InChI is InChI=1S/C10H17NOS/c1-4-9(12-3)10(11-2)8-5-6-13-7-8/h5-7,9-11H,4H2,1-3H3. The van der Waals surface area contributed by atoms with Crippen molar-refractivity contribution in [1.29, 1.82) is 0 Å². The molecule has 2 atom stereocenters. The van der Waals surface area contributed by atoms with Crippen molar-refractivity contribution < 1.29 is 4.74 Å². The predicted molar refractivity (Wildman–Crippen MR) is 57.2 cm³/mol. The molecule has 0 radical (unpaired) electrons. The molecule has 0 bridgehead atoms. The lowest BCUT2D eigenvalue weighted by Gasteiger charge is -2.23. The fourth-order valence-corrected chi connectivity index (χ4v) is 2.25. The van der Waals surface area contributed by atoms with Crippen molar-refractivity contribution in [1.82, 2.24) is 5.32 Å². The zero-order chi connectivity index (χ0) is 9.68. The van der Waals surface area contributed by atoms with Crippen molar-refractivity contribution in [2.75, 3.05) is 14.2 Å². The molecule has 1 heterocycles. The summed E-state index contributed by atoms with van der Waals surface area (Å²) in [5, 5.41) is 7.56. The lowest BCUT2D eigenvalue weighted by atomic mass is 10.0. The number of nitrogens with one attached hydrogen (secondary N) is 1. The average Bonchev–Trinajstić information content (AvgIpc) is 2.66. The third-order valence-electron chi connectivity index (χ3n) is 2.29. The van der Waals surface area contributed by atoms with Gasteiger partial charge in [0.25, 0.3) is 0 Å². The first-order chi connectivity index (χ1) is 6.33. The van der Waals surface area contributed by atoms with E-state index in [4.69, 9.17) is 4.74 Å². The molecule has 0 saturated carbocycles. The summed E-state index contributed by atoms with van der Waals surface area (Å²) >= 11 is 1.73. The molecule has 0 aliphatic carbocycles. The lowest BCUT2D eigenvalue weighted by Crippen LogP contribution is -2.30. The Morgan fingerprint density at radius 2 is 2.38 bits per heavy atom. The number of thiophene rings is 1. The molecule has 0 amide bonds. The van der Waals surface area contributed by atoms with Crippen LogP contribution in [-0.4, -0.2) is 20.3 Å². The van der Waals surface area contributed by atoms with Gasteiger partial charge in [0.2, 0.25) is 0 Å². The van der Waals surface area contributed by atoms with Gasteiger partial charge in [0.05, 0.1) is 12.1 Å². The van der Waals surface area contributed by atoms with Gasteiger partial charge in [-0.05, 0) is 35.9 Å². The van der Waals surface area contributed by atoms with Gasteiger partial charge in [0.15, 0.2) is 0 Å². The van der Waals surface area contributed by atoms with E-state index in [9.17, 15) is 0 Å². The normalized spacial score (nSPS) is 15.6. The van der Waals surface area contributed by atoms with Crippen LogP contribution in [0.25, 0.3) is 0 Å². The SMILES string of the molecule is CCC(OC)C(NC)c1ccsc1. The average molecular weight is 199 g/mol. The van der Waals surface area contributed by atoms with Gasteiger partial charge in [-0.3, -0.25) is 0 Å². The van der Waals surface area contributed by atoms with Gasteiger partial charge >= 0.3 is 0 Å². The quantitative estimate of drug-likeness (QED) is 0.786. The van der Waals surface area contributed by atoms with E-state index in [0.29, 0.717) is 6.04 Å². The molecule has 1 N–H and O–H groups in total. The van der Waals surface area contributed by atoms with Crippen LogP contribution in [-0.2, 0) is 4.74 Å². The maximum absolute atomic E-state index is 5.42. The van der Waals surface area contributed by atoms with Crippen molar-refractivity contribution in [2.24, 2.45) is 0 Å². The second-order valence-corrected chi connectivity index (χ2v) is 3.79.